The molecule has 0 spiro atoms. The molecule has 1 aliphatic rings. The largest absolute Gasteiger partial charge is 0.463 e. The minimum Gasteiger partial charge on any atom is -0.463 e. The Labute approximate surface area is 259 Å². The highest BCUT2D eigenvalue weighted by atomic mass is 16.6. The molecule has 1 aliphatic heterocycles. The van der Waals surface area contributed by atoms with Crippen molar-refractivity contribution in [3.63, 3.8) is 0 Å². The smallest absolute Gasteiger partial charge is 0.307 e. The summed E-state index contributed by atoms with van der Waals surface area (Å²) in [4.78, 5) is 14.5. The van der Waals surface area contributed by atoms with Gasteiger partial charge in [0.05, 0.1) is 79.4 Å². The van der Waals surface area contributed by atoms with E-state index in [-0.39, 0.29) is 5.97 Å². The van der Waals surface area contributed by atoms with Crippen LogP contribution in [0.15, 0.2) is 0 Å². The van der Waals surface area contributed by atoms with Gasteiger partial charge in [0.1, 0.15) is 6.61 Å². The van der Waals surface area contributed by atoms with Crippen molar-refractivity contribution in [2.75, 3.05) is 106 Å². The topological polar surface area (TPSA) is 66.5 Å². The zero-order chi connectivity index (χ0) is 30.4. The van der Waals surface area contributed by atoms with Crippen LogP contribution in [0.5, 0.6) is 0 Å². The van der Waals surface area contributed by atoms with E-state index in [2.05, 4.69) is 25.8 Å². The highest BCUT2D eigenvalue weighted by Gasteiger charge is 2.28. The van der Waals surface area contributed by atoms with E-state index >= 15 is 0 Å². The van der Waals surface area contributed by atoms with Gasteiger partial charge in [-0.25, -0.2) is 0 Å². The lowest BCUT2D eigenvalue weighted by Gasteiger charge is -2.42. The highest BCUT2D eigenvalue weighted by molar-refractivity contribution is 5.69. The van der Waals surface area contributed by atoms with Crippen molar-refractivity contribution in [2.24, 2.45) is 0 Å². The van der Waals surface area contributed by atoms with Gasteiger partial charge < -0.3 is 28.2 Å². The molecule has 250 valence electrons. The maximum Gasteiger partial charge on any atom is 0.307 e. The number of nitrogens with zero attached hydrogens (tertiary/aromatic N) is 2. The molecule has 0 atom stereocenters. The molecule has 1 heterocycles. The van der Waals surface area contributed by atoms with Gasteiger partial charge in [0, 0.05) is 26.2 Å². The number of hydrogen-bond donors (Lipinski definition) is 0. The summed E-state index contributed by atoms with van der Waals surface area (Å²) in [7, 11) is 2.38. The number of quaternary nitrogens is 1. The van der Waals surface area contributed by atoms with Gasteiger partial charge >= 0.3 is 5.97 Å². The van der Waals surface area contributed by atoms with Gasteiger partial charge in [-0.15, -0.1) is 0 Å². The van der Waals surface area contributed by atoms with Crippen molar-refractivity contribution in [3.05, 3.63) is 0 Å². The zero-order valence-corrected chi connectivity index (χ0v) is 28.1. The van der Waals surface area contributed by atoms with Gasteiger partial charge in [-0.2, -0.15) is 0 Å². The summed E-state index contributed by atoms with van der Waals surface area (Å²) in [5.41, 5.74) is 0. The number of piperazine rings is 1. The summed E-state index contributed by atoms with van der Waals surface area (Å²) in [5.74, 6) is -0.137. The number of likely N-dealkylation sites (N-methyl/N-ethyl adjacent to an activating group) is 1. The fourth-order valence-corrected chi connectivity index (χ4v) is 5.35. The maximum atomic E-state index is 12.1. The molecule has 0 radical (unpaired) electrons. The first-order valence-electron chi connectivity index (χ1n) is 17.6. The SMILES string of the molecule is CCCCCCCCCCCCOCCOCCOCCOCCOC(=O)CCN1CC[N+](C)(CCCCCC)CC1. The number of esters is 1. The first-order chi connectivity index (χ1) is 20.6. The van der Waals surface area contributed by atoms with Crippen molar-refractivity contribution < 1.29 is 33.0 Å². The van der Waals surface area contributed by atoms with Gasteiger partial charge in [-0.1, -0.05) is 84.5 Å². The van der Waals surface area contributed by atoms with Gasteiger partial charge in [0.25, 0.3) is 0 Å². The van der Waals surface area contributed by atoms with E-state index in [9.17, 15) is 4.79 Å². The lowest BCUT2D eigenvalue weighted by atomic mass is 10.1. The van der Waals surface area contributed by atoms with E-state index in [4.69, 9.17) is 23.7 Å². The lowest BCUT2D eigenvalue weighted by molar-refractivity contribution is -0.913. The molecule has 0 saturated carbocycles. The van der Waals surface area contributed by atoms with E-state index in [0.717, 1.165) is 32.7 Å². The summed E-state index contributed by atoms with van der Waals surface area (Å²) < 4.78 is 28.7. The normalized spacial score (nSPS) is 15.3. The van der Waals surface area contributed by atoms with E-state index in [1.165, 1.54) is 108 Å². The summed E-state index contributed by atoms with van der Waals surface area (Å²) in [6.45, 7) is 16.0. The van der Waals surface area contributed by atoms with E-state index in [0.29, 0.717) is 59.3 Å². The van der Waals surface area contributed by atoms with Gasteiger partial charge in [0.2, 0.25) is 0 Å². The van der Waals surface area contributed by atoms with Crippen LogP contribution in [-0.2, 0) is 28.5 Å². The molecule has 8 heteroatoms. The second kappa shape index (κ2) is 29.0. The summed E-state index contributed by atoms with van der Waals surface area (Å²) in [5, 5.41) is 0. The number of carbonyl (C=O) groups excluding carboxylic acids is 1. The Morgan fingerprint density at radius 3 is 1.52 bits per heavy atom. The molecular weight excluding hydrogens is 532 g/mol. The molecule has 42 heavy (non-hydrogen) atoms. The summed E-state index contributed by atoms with van der Waals surface area (Å²) >= 11 is 0. The van der Waals surface area contributed by atoms with E-state index in [1.807, 2.05) is 0 Å². The summed E-state index contributed by atoms with van der Waals surface area (Å²) in [6, 6.07) is 0. The average molecular weight is 602 g/mol. The average Bonchev–Trinajstić information content (AvgIpc) is 2.99. The second-order valence-electron chi connectivity index (χ2n) is 12.3. The number of hydrogen-bond acceptors (Lipinski definition) is 7. The van der Waals surface area contributed by atoms with Crippen molar-refractivity contribution in [2.45, 2.75) is 110 Å². The Morgan fingerprint density at radius 2 is 1.00 bits per heavy atom. The maximum absolute atomic E-state index is 12.1. The predicted molar refractivity (Wildman–Crippen MR) is 172 cm³/mol. The Kier molecular flexibility index (Phi) is 27.1. The Morgan fingerprint density at radius 1 is 0.571 bits per heavy atom. The highest BCUT2D eigenvalue weighted by Crippen LogP contribution is 2.14. The Balaban J connectivity index is 1.76. The zero-order valence-electron chi connectivity index (χ0n) is 28.1. The molecule has 0 aromatic rings. The van der Waals surface area contributed by atoms with Crippen LogP contribution >= 0.6 is 0 Å². The Hall–Kier alpha value is -0.770. The predicted octanol–water partition coefficient (Wildman–Crippen LogP) is 6.25. The number of unbranched alkanes of at least 4 members (excludes halogenated alkanes) is 12. The minimum atomic E-state index is -0.137. The molecule has 0 bridgehead atoms. The van der Waals surface area contributed by atoms with Crippen molar-refractivity contribution in [1.82, 2.24) is 4.90 Å². The molecule has 1 rings (SSSR count). The minimum absolute atomic E-state index is 0.137. The van der Waals surface area contributed by atoms with Crippen molar-refractivity contribution in [1.29, 1.82) is 0 Å². The van der Waals surface area contributed by atoms with Crippen molar-refractivity contribution in [3.8, 4) is 0 Å². The second-order valence-corrected chi connectivity index (χ2v) is 12.3. The third-order valence-corrected chi connectivity index (χ3v) is 8.34. The fraction of sp³-hybridized carbons (Fsp3) is 0.971. The molecule has 1 fully saturated rings. The standard InChI is InChI=1S/C34H69N2O6/c1-4-6-8-10-11-12-13-14-15-17-25-38-26-27-39-28-29-40-30-31-41-32-33-42-34(37)18-19-35-20-23-36(3,24-21-35)22-16-9-7-5-2/h4-33H2,1-3H3/q+1. The molecule has 1 saturated heterocycles. The molecular formula is C34H69N2O6+. The molecule has 0 amide bonds. The first kappa shape index (κ1) is 39.3. The number of carbonyl (C=O) groups is 1. The molecule has 8 nitrogen and oxygen atoms in total. The first-order valence-corrected chi connectivity index (χ1v) is 17.6. The van der Waals surface area contributed by atoms with Crippen LogP contribution < -0.4 is 0 Å². The lowest BCUT2D eigenvalue weighted by Crippen LogP contribution is -2.57. The van der Waals surface area contributed by atoms with Gasteiger partial charge in [0.15, 0.2) is 0 Å². The van der Waals surface area contributed by atoms with Crippen LogP contribution in [0.1, 0.15) is 110 Å². The molecule has 0 aliphatic carbocycles. The number of ether oxygens (including phenoxy) is 5. The van der Waals surface area contributed by atoms with E-state index < -0.39 is 0 Å². The molecule has 0 aromatic carbocycles. The van der Waals surface area contributed by atoms with Crippen molar-refractivity contribution >= 4 is 5.97 Å². The van der Waals surface area contributed by atoms with Gasteiger partial charge in [-0.3, -0.25) is 9.69 Å². The number of rotatable bonds is 31. The third kappa shape index (κ3) is 24.6. The van der Waals surface area contributed by atoms with Crippen LogP contribution in [-0.4, -0.2) is 121 Å². The third-order valence-electron chi connectivity index (χ3n) is 8.34. The molecule has 0 aromatic heterocycles. The fourth-order valence-electron chi connectivity index (χ4n) is 5.35. The van der Waals surface area contributed by atoms with Crippen LogP contribution in [0.4, 0.5) is 0 Å². The van der Waals surface area contributed by atoms with Crippen LogP contribution in [0, 0.1) is 0 Å². The van der Waals surface area contributed by atoms with E-state index in [1.54, 1.807) is 0 Å². The summed E-state index contributed by atoms with van der Waals surface area (Å²) in [6.07, 6.45) is 19.2. The monoisotopic (exact) mass is 602 g/mol. The molecule has 0 unspecified atom stereocenters. The van der Waals surface area contributed by atoms with Crippen LogP contribution in [0.25, 0.3) is 0 Å². The van der Waals surface area contributed by atoms with Gasteiger partial charge in [-0.05, 0) is 19.3 Å². The quantitative estimate of drug-likeness (QED) is 0.0529. The Bertz CT molecular complexity index is 586. The molecule has 0 N–H and O–H groups in total. The van der Waals surface area contributed by atoms with Crippen LogP contribution in [0.3, 0.4) is 0 Å². The van der Waals surface area contributed by atoms with Crippen LogP contribution in [0.2, 0.25) is 0 Å².